The van der Waals surface area contributed by atoms with E-state index in [1.54, 1.807) is 0 Å². The van der Waals surface area contributed by atoms with Crippen LogP contribution in [0.1, 0.15) is 45.3 Å². The number of isothiocyanates is 1. The number of rotatable bonds is 10. The van der Waals surface area contributed by atoms with Crippen molar-refractivity contribution in [1.29, 1.82) is 0 Å². The summed E-state index contributed by atoms with van der Waals surface area (Å²) in [6.07, 6.45) is 23.9. The van der Waals surface area contributed by atoms with Gasteiger partial charge in [-0.3, -0.25) is 9.98 Å². The molecule has 4 aliphatic rings. The van der Waals surface area contributed by atoms with Gasteiger partial charge < -0.3 is 25.3 Å². The number of allylic oxidation sites excluding steroid dienone is 4. The Morgan fingerprint density at radius 3 is 1.20 bits per heavy atom. The van der Waals surface area contributed by atoms with Crippen LogP contribution in [0.15, 0.2) is 209 Å². The van der Waals surface area contributed by atoms with E-state index < -0.39 is 0 Å². The van der Waals surface area contributed by atoms with Crippen molar-refractivity contribution < 1.29 is 19.5 Å². The predicted molar refractivity (Wildman–Crippen MR) is 312 cm³/mol. The van der Waals surface area contributed by atoms with Gasteiger partial charge >= 0.3 is 19.5 Å². The van der Waals surface area contributed by atoms with Gasteiger partial charge in [-0.15, -0.1) is 22.1 Å². The molecule has 9 aromatic rings. The summed E-state index contributed by atoms with van der Waals surface area (Å²) in [4.78, 5) is 42.5. The molecule has 3 N–H and O–H groups in total. The molecule has 0 spiro atoms. The van der Waals surface area contributed by atoms with Gasteiger partial charge in [0.15, 0.2) is 0 Å². The molecule has 10 nitrogen and oxygen atoms in total. The average Bonchev–Trinajstić information content (AvgIpc) is 4.29. The normalized spacial score (nSPS) is 14.3. The summed E-state index contributed by atoms with van der Waals surface area (Å²) in [5, 5.41) is 5.78. The van der Waals surface area contributed by atoms with Crippen molar-refractivity contribution in [2.24, 2.45) is 15.0 Å². The molecule has 0 saturated heterocycles. The SMILES string of the molecule is CNc1ccc(-c2c3nc(c(-c4ccc(/C(=C5\C=CC=N5)c5ccc[nH]5)cc4)c4ccc([n-]4)c(-c4ccc(N=C=S)cc4)c4nc(c(-c5ccc(/C(=C6\C=CC=N6)c6ccc[nH]6)cc5)c5ccc2[n-]5)C=C4)C=C3)cc1.[Zn+2]. The van der Waals surface area contributed by atoms with E-state index in [-0.39, 0.29) is 19.5 Å². The van der Waals surface area contributed by atoms with E-state index in [0.717, 1.165) is 140 Å². The maximum Gasteiger partial charge on any atom is 2.00 e. The van der Waals surface area contributed by atoms with Gasteiger partial charge in [-0.1, -0.05) is 97.1 Å². The monoisotopic (exact) mass is 1050 g/mol. The molecule has 0 atom stereocenters. The Labute approximate surface area is 456 Å². The Balaban J connectivity index is 0.00000582. The summed E-state index contributed by atoms with van der Waals surface area (Å²) in [5.41, 5.74) is 23.0. The number of aromatic amines is 2. The van der Waals surface area contributed by atoms with Crippen LogP contribution in [-0.2, 0) is 19.5 Å². The first-order valence-corrected chi connectivity index (χ1v) is 24.9. The number of fused-ring (bicyclic) bond motifs is 8. The number of hydrogen-bond donors (Lipinski definition) is 3. The minimum absolute atomic E-state index is 0. The van der Waals surface area contributed by atoms with Crippen LogP contribution in [0.2, 0.25) is 0 Å². The van der Waals surface area contributed by atoms with Crippen molar-refractivity contribution in [3.63, 3.8) is 0 Å². The third-order valence-corrected chi connectivity index (χ3v) is 13.8. The summed E-state index contributed by atoms with van der Waals surface area (Å²) in [5.74, 6) is 0. The standard InChI is InChI=1S/C64H42N10S.Zn/c1-65-45-22-18-43(19-23-45)63-55-30-26-51(71-55)61(41-14-10-39(11-15-41)59(47-6-2-34-66-47)48-7-3-35-67-48)53-28-32-57(73-53)64(44-20-24-46(25-21-44)70-38-75)58-33-29-54(74-58)62(52-27-31-56(63)72-52)42-16-12-40(13-17-42)60(49-8-4-36-68-49)50-9-5-37-69-50;/h2-37H,1H3,(H3-2,65,66,67,68,69,71,72,73,74);/q-2;+2. The quantitative estimate of drug-likeness (QED) is 0.0709. The molecule has 0 aliphatic carbocycles. The minimum atomic E-state index is 0. The van der Waals surface area contributed by atoms with Crippen LogP contribution >= 0.6 is 12.2 Å². The molecule has 0 unspecified atom stereocenters. The fourth-order valence-electron chi connectivity index (χ4n) is 10.2. The number of nitrogens with one attached hydrogen (secondary N) is 3. The first kappa shape index (κ1) is 47.6. The first-order chi connectivity index (χ1) is 37.1. The van der Waals surface area contributed by atoms with Gasteiger partial charge in [0, 0.05) is 60.1 Å². The zero-order valence-corrected chi connectivity index (χ0v) is 44.8. The fourth-order valence-corrected chi connectivity index (χ4v) is 10.3. The summed E-state index contributed by atoms with van der Waals surface area (Å²) in [7, 11) is 1.92. The third kappa shape index (κ3) is 8.86. The number of anilines is 1. The minimum Gasteiger partial charge on any atom is -0.657 e. The van der Waals surface area contributed by atoms with Crippen LogP contribution < -0.4 is 15.3 Å². The van der Waals surface area contributed by atoms with Crippen molar-refractivity contribution in [2.75, 3.05) is 12.4 Å². The molecule has 4 aromatic carbocycles. The molecule has 12 heteroatoms. The van der Waals surface area contributed by atoms with Crippen LogP contribution in [0.3, 0.4) is 0 Å². The third-order valence-electron chi connectivity index (χ3n) is 13.7. The number of hydrogen-bond acceptors (Lipinski definition) is 7. The zero-order chi connectivity index (χ0) is 50.2. The van der Waals surface area contributed by atoms with E-state index in [9.17, 15) is 0 Å². The van der Waals surface area contributed by atoms with Crippen molar-refractivity contribution >= 4 is 98.7 Å². The number of aromatic nitrogens is 6. The summed E-state index contributed by atoms with van der Waals surface area (Å²) < 4.78 is 0. The summed E-state index contributed by atoms with van der Waals surface area (Å²) in [6.45, 7) is 0. The largest absolute Gasteiger partial charge is 2.00 e. The second kappa shape index (κ2) is 20.5. The topological polar surface area (TPSA) is 135 Å². The van der Waals surface area contributed by atoms with Crippen molar-refractivity contribution in [3.8, 4) is 44.5 Å². The van der Waals surface area contributed by atoms with Crippen LogP contribution in [0, 0.1) is 0 Å². The molecule has 0 fully saturated rings. The van der Waals surface area contributed by atoms with Crippen molar-refractivity contribution in [2.45, 2.75) is 0 Å². The van der Waals surface area contributed by atoms with Gasteiger partial charge in [0.1, 0.15) is 0 Å². The maximum atomic E-state index is 5.51. The molecule has 0 saturated carbocycles. The van der Waals surface area contributed by atoms with Crippen molar-refractivity contribution in [3.05, 3.63) is 239 Å². The fraction of sp³-hybridized carbons (Fsp3) is 0.0156. The molecular formula is C64H42N10SZn. The Bertz CT molecular complexity index is 4070. The number of benzene rings is 4. The summed E-state index contributed by atoms with van der Waals surface area (Å²) >= 11 is 4.97. The molecule has 5 aromatic heterocycles. The Morgan fingerprint density at radius 2 is 0.868 bits per heavy atom. The van der Waals surface area contributed by atoms with Crippen LogP contribution in [0.5, 0.6) is 0 Å². The van der Waals surface area contributed by atoms with E-state index in [2.05, 4.69) is 159 Å². The molecule has 0 radical (unpaired) electrons. The second-order valence-corrected chi connectivity index (χ2v) is 18.2. The van der Waals surface area contributed by atoms with Crippen LogP contribution in [-0.4, -0.2) is 44.6 Å². The molecule has 9 heterocycles. The molecule has 76 heavy (non-hydrogen) atoms. The van der Waals surface area contributed by atoms with Gasteiger partial charge in [-0.2, -0.15) is 4.99 Å². The second-order valence-electron chi connectivity index (χ2n) is 18.1. The first-order valence-electron chi connectivity index (χ1n) is 24.5. The van der Waals surface area contributed by atoms with Crippen LogP contribution in [0.25, 0.3) is 102 Å². The molecule has 13 rings (SSSR count). The van der Waals surface area contributed by atoms with E-state index in [0.29, 0.717) is 5.69 Å². The molecule has 0 amide bonds. The molecule has 4 aliphatic heterocycles. The van der Waals surface area contributed by atoms with Gasteiger partial charge in [-0.25, -0.2) is 9.97 Å². The number of thiocarbonyl (C=S) groups is 1. The van der Waals surface area contributed by atoms with Gasteiger partial charge in [0.25, 0.3) is 0 Å². The summed E-state index contributed by atoms with van der Waals surface area (Å²) in [6, 6.07) is 50.0. The Hall–Kier alpha value is -9.44. The Kier molecular flexibility index (Phi) is 12.8. The van der Waals surface area contributed by atoms with Gasteiger partial charge in [0.05, 0.1) is 45.0 Å². The maximum absolute atomic E-state index is 5.51. The Morgan fingerprint density at radius 1 is 0.487 bits per heavy atom. The smallest absolute Gasteiger partial charge is 0.657 e. The van der Waals surface area contributed by atoms with E-state index in [1.807, 2.05) is 92.6 Å². The number of aliphatic imine (C=N–C) groups is 3. The van der Waals surface area contributed by atoms with E-state index >= 15 is 0 Å². The predicted octanol–water partition coefficient (Wildman–Crippen LogP) is 14.8. The van der Waals surface area contributed by atoms with Gasteiger partial charge in [0.2, 0.25) is 0 Å². The molecule has 8 bridgehead atoms. The number of nitrogens with zero attached hydrogens (tertiary/aromatic N) is 7. The molecule has 356 valence electrons. The zero-order valence-electron chi connectivity index (χ0n) is 41.0. The number of H-pyrrole nitrogens is 2. The van der Waals surface area contributed by atoms with E-state index in [1.165, 1.54) is 0 Å². The average molecular weight is 1050 g/mol. The van der Waals surface area contributed by atoms with E-state index in [4.69, 9.17) is 42.1 Å². The van der Waals surface area contributed by atoms with Crippen molar-refractivity contribution in [1.82, 2.24) is 29.9 Å². The van der Waals surface area contributed by atoms with Crippen LogP contribution in [0.4, 0.5) is 11.4 Å². The van der Waals surface area contributed by atoms with Gasteiger partial charge in [-0.05, 0) is 165 Å². The molecular weight excluding hydrogens is 1010 g/mol.